The van der Waals surface area contributed by atoms with Crippen LogP contribution in [-0.4, -0.2) is 23.9 Å². The lowest BCUT2D eigenvalue weighted by Crippen LogP contribution is -2.13. The van der Waals surface area contributed by atoms with Crippen LogP contribution >= 0.6 is 0 Å². The van der Waals surface area contributed by atoms with Crippen molar-refractivity contribution >= 4 is 34.7 Å². The van der Waals surface area contributed by atoms with Crippen molar-refractivity contribution in [3.05, 3.63) is 72.4 Å². The predicted octanol–water partition coefficient (Wildman–Crippen LogP) is 4.04. The second kappa shape index (κ2) is 8.68. The van der Waals surface area contributed by atoms with Crippen molar-refractivity contribution in [3.8, 4) is 5.75 Å². The van der Waals surface area contributed by atoms with E-state index in [2.05, 4.69) is 20.9 Å². The summed E-state index contributed by atoms with van der Waals surface area (Å²) in [4.78, 5) is 27.8. The van der Waals surface area contributed by atoms with Crippen molar-refractivity contribution < 1.29 is 14.3 Å². The number of aromatic nitrogens is 1. The molecule has 3 rings (SSSR count). The first kappa shape index (κ1) is 18.9. The highest BCUT2D eigenvalue weighted by Gasteiger charge is 2.08. The van der Waals surface area contributed by atoms with Crippen LogP contribution in [0.3, 0.4) is 0 Å². The van der Waals surface area contributed by atoms with Gasteiger partial charge in [0.2, 0.25) is 5.91 Å². The molecule has 1 heterocycles. The molecule has 0 radical (unpaired) electrons. The molecule has 0 fully saturated rings. The third kappa shape index (κ3) is 5.07. The Bertz CT molecular complexity index is 970. The fourth-order valence-electron chi connectivity index (χ4n) is 2.51. The first-order valence-corrected chi connectivity index (χ1v) is 8.59. The highest BCUT2D eigenvalue weighted by molar-refractivity contribution is 6.04. The first-order valence-electron chi connectivity index (χ1n) is 8.59. The zero-order valence-corrected chi connectivity index (χ0v) is 15.5. The number of hydrogen-bond donors (Lipinski definition) is 3. The molecule has 3 N–H and O–H groups in total. The number of benzene rings is 2. The van der Waals surface area contributed by atoms with E-state index in [1.165, 1.54) is 13.1 Å². The van der Waals surface area contributed by atoms with Crippen LogP contribution in [0, 0.1) is 0 Å². The van der Waals surface area contributed by atoms with E-state index in [0.717, 1.165) is 11.4 Å². The lowest BCUT2D eigenvalue weighted by Gasteiger charge is -2.09. The van der Waals surface area contributed by atoms with Crippen molar-refractivity contribution in [2.45, 2.75) is 6.92 Å². The van der Waals surface area contributed by atoms with Gasteiger partial charge in [-0.1, -0.05) is 6.07 Å². The highest BCUT2D eigenvalue weighted by Crippen LogP contribution is 2.19. The van der Waals surface area contributed by atoms with Gasteiger partial charge in [-0.25, -0.2) is 4.98 Å². The smallest absolute Gasteiger partial charge is 0.257 e. The van der Waals surface area contributed by atoms with Crippen LogP contribution < -0.4 is 20.7 Å². The minimum Gasteiger partial charge on any atom is -0.497 e. The molecule has 2 amide bonds. The van der Waals surface area contributed by atoms with Gasteiger partial charge < -0.3 is 20.7 Å². The maximum absolute atomic E-state index is 12.4. The minimum atomic E-state index is -0.288. The van der Waals surface area contributed by atoms with Crippen LogP contribution in [0.15, 0.2) is 66.9 Å². The van der Waals surface area contributed by atoms with Gasteiger partial charge in [-0.05, 0) is 54.6 Å². The van der Waals surface area contributed by atoms with E-state index in [0.29, 0.717) is 22.8 Å². The number of methoxy groups -OCH3 is 1. The summed E-state index contributed by atoms with van der Waals surface area (Å²) in [5.41, 5.74) is 2.48. The molecular formula is C21H20N4O3. The summed E-state index contributed by atoms with van der Waals surface area (Å²) in [6, 6.07) is 17.8. The third-order valence-corrected chi connectivity index (χ3v) is 3.83. The molecule has 0 unspecified atom stereocenters. The van der Waals surface area contributed by atoms with Crippen molar-refractivity contribution in [1.82, 2.24) is 4.98 Å². The van der Waals surface area contributed by atoms with Crippen molar-refractivity contribution in [2.24, 2.45) is 0 Å². The Morgan fingerprint density at radius 3 is 2.21 bits per heavy atom. The molecule has 1 aromatic heterocycles. The Labute approximate surface area is 162 Å². The monoisotopic (exact) mass is 376 g/mol. The van der Waals surface area contributed by atoms with Gasteiger partial charge >= 0.3 is 0 Å². The Kier molecular flexibility index (Phi) is 5.86. The fourth-order valence-corrected chi connectivity index (χ4v) is 2.51. The zero-order chi connectivity index (χ0) is 19.9. The molecule has 3 aromatic rings. The van der Waals surface area contributed by atoms with E-state index in [4.69, 9.17) is 4.74 Å². The molecule has 0 aliphatic carbocycles. The van der Waals surface area contributed by atoms with Crippen LogP contribution in [0.5, 0.6) is 5.75 Å². The van der Waals surface area contributed by atoms with E-state index >= 15 is 0 Å². The largest absolute Gasteiger partial charge is 0.497 e. The number of anilines is 4. The van der Waals surface area contributed by atoms with Crippen molar-refractivity contribution in [3.63, 3.8) is 0 Å². The zero-order valence-electron chi connectivity index (χ0n) is 15.5. The third-order valence-electron chi connectivity index (χ3n) is 3.83. The maximum Gasteiger partial charge on any atom is 0.257 e. The average Bonchev–Trinajstić information content (AvgIpc) is 2.69. The molecule has 0 spiro atoms. The average molecular weight is 376 g/mol. The van der Waals surface area contributed by atoms with Gasteiger partial charge in [-0.2, -0.15) is 0 Å². The summed E-state index contributed by atoms with van der Waals surface area (Å²) in [6.45, 7) is 1.43. The van der Waals surface area contributed by atoms with Gasteiger partial charge in [0.15, 0.2) is 0 Å². The molecular weight excluding hydrogens is 356 g/mol. The second-order valence-electron chi connectivity index (χ2n) is 6.00. The van der Waals surface area contributed by atoms with Crippen molar-refractivity contribution in [1.29, 1.82) is 0 Å². The summed E-state index contributed by atoms with van der Waals surface area (Å²) in [5, 5.41) is 8.62. The van der Waals surface area contributed by atoms with E-state index in [1.54, 1.807) is 43.5 Å². The number of pyridine rings is 1. The van der Waals surface area contributed by atoms with Crippen LogP contribution in [0.1, 0.15) is 17.3 Å². The molecule has 0 aliphatic rings. The molecule has 142 valence electrons. The number of carbonyl (C=O) groups excluding carboxylic acids is 2. The quantitative estimate of drug-likeness (QED) is 0.604. The molecule has 0 saturated heterocycles. The van der Waals surface area contributed by atoms with E-state index in [-0.39, 0.29) is 11.8 Å². The Morgan fingerprint density at radius 2 is 1.61 bits per heavy atom. The molecule has 7 nitrogen and oxygen atoms in total. The molecule has 7 heteroatoms. The van der Waals surface area contributed by atoms with Gasteiger partial charge in [0.25, 0.3) is 5.91 Å². The van der Waals surface area contributed by atoms with Crippen LogP contribution in [0.2, 0.25) is 0 Å². The Balaban J connectivity index is 1.64. The summed E-state index contributed by atoms with van der Waals surface area (Å²) in [5.74, 6) is 0.929. The van der Waals surface area contributed by atoms with Gasteiger partial charge in [0, 0.05) is 30.2 Å². The van der Waals surface area contributed by atoms with Gasteiger partial charge in [-0.3, -0.25) is 9.59 Å². The molecule has 0 saturated carbocycles. The Hall–Kier alpha value is -3.87. The number of nitrogens with one attached hydrogen (secondary N) is 3. The topological polar surface area (TPSA) is 92.4 Å². The molecule has 0 aliphatic heterocycles. The molecule has 28 heavy (non-hydrogen) atoms. The lowest BCUT2D eigenvalue weighted by molar-refractivity contribution is -0.114. The minimum absolute atomic E-state index is 0.173. The van der Waals surface area contributed by atoms with Gasteiger partial charge in [0.05, 0.1) is 12.7 Å². The standard InChI is InChI=1S/C21H20N4O3/c1-14(26)23-17-4-3-5-18(12-17)25-21(27)15-6-11-20(22-13-15)24-16-7-9-19(28-2)10-8-16/h3-13H,1-2H3,(H,22,24)(H,23,26)(H,25,27). The van der Waals surface area contributed by atoms with Gasteiger partial charge in [-0.15, -0.1) is 0 Å². The summed E-state index contributed by atoms with van der Waals surface area (Å²) in [6.07, 6.45) is 1.50. The molecule has 2 aromatic carbocycles. The van der Waals surface area contributed by atoms with Crippen LogP contribution in [-0.2, 0) is 4.79 Å². The van der Waals surface area contributed by atoms with E-state index < -0.39 is 0 Å². The van der Waals surface area contributed by atoms with Gasteiger partial charge in [0.1, 0.15) is 11.6 Å². The summed E-state index contributed by atoms with van der Waals surface area (Å²) in [7, 11) is 1.61. The summed E-state index contributed by atoms with van der Waals surface area (Å²) >= 11 is 0. The SMILES string of the molecule is COc1ccc(Nc2ccc(C(=O)Nc3cccc(NC(C)=O)c3)cn2)cc1. The predicted molar refractivity (Wildman–Crippen MR) is 109 cm³/mol. The highest BCUT2D eigenvalue weighted by atomic mass is 16.5. The number of rotatable bonds is 6. The number of amides is 2. The Morgan fingerprint density at radius 1 is 0.893 bits per heavy atom. The number of ether oxygens (including phenoxy) is 1. The number of carbonyl (C=O) groups is 2. The second-order valence-corrected chi connectivity index (χ2v) is 6.00. The molecule has 0 atom stereocenters. The molecule has 0 bridgehead atoms. The normalized spacial score (nSPS) is 10.1. The maximum atomic E-state index is 12.4. The fraction of sp³-hybridized carbons (Fsp3) is 0.0952. The van der Waals surface area contributed by atoms with Crippen molar-refractivity contribution in [2.75, 3.05) is 23.1 Å². The number of hydrogen-bond acceptors (Lipinski definition) is 5. The van der Waals surface area contributed by atoms with E-state index in [9.17, 15) is 9.59 Å². The number of nitrogens with zero attached hydrogens (tertiary/aromatic N) is 1. The first-order chi connectivity index (χ1) is 13.5. The van der Waals surface area contributed by atoms with E-state index in [1.807, 2.05) is 24.3 Å². The lowest BCUT2D eigenvalue weighted by atomic mass is 10.2. The summed E-state index contributed by atoms with van der Waals surface area (Å²) < 4.78 is 5.13. The van der Waals surface area contributed by atoms with Crippen LogP contribution in [0.25, 0.3) is 0 Å². The van der Waals surface area contributed by atoms with Crippen LogP contribution in [0.4, 0.5) is 22.9 Å².